The van der Waals surface area contributed by atoms with Crippen molar-refractivity contribution in [1.82, 2.24) is 9.55 Å². The van der Waals surface area contributed by atoms with E-state index in [0.29, 0.717) is 6.54 Å². The van der Waals surface area contributed by atoms with Gasteiger partial charge in [-0.1, -0.05) is 0 Å². The lowest BCUT2D eigenvalue weighted by Crippen LogP contribution is -2.22. The molecule has 0 fully saturated rings. The molecule has 0 radical (unpaired) electrons. The molecule has 4 heteroatoms. The molecular weight excluding hydrogens is 178 g/mol. The van der Waals surface area contributed by atoms with Crippen molar-refractivity contribution in [2.24, 2.45) is 5.73 Å². The van der Waals surface area contributed by atoms with Crippen molar-refractivity contribution in [2.45, 2.75) is 39.3 Å². The fourth-order valence-corrected chi connectivity index (χ4v) is 1.27. The van der Waals surface area contributed by atoms with E-state index in [0.717, 1.165) is 18.5 Å². The van der Waals surface area contributed by atoms with Crippen molar-refractivity contribution in [3.8, 4) is 0 Å². The van der Waals surface area contributed by atoms with Gasteiger partial charge in [0.1, 0.15) is 0 Å². The van der Waals surface area contributed by atoms with Gasteiger partial charge in [0.15, 0.2) is 0 Å². The minimum Gasteiger partial charge on any atom is -0.328 e. The first-order chi connectivity index (χ1) is 6.59. The van der Waals surface area contributed by atoms with Crippen LogP contribution in [-0.4, -0.2) is 15.6 Å². The summed E-state index contributed by atoms with van der Waals surface area (Å²) in [6.45, 7) is 4.48. The van der Waals surface area contributed by atoms with Crippen LogP contribution in [0, 0.1) is 6.92 Å². The average Bonchev–Trinajstić information content (AvgIpc) is 2.08. The van der Waals surface area contributed by atoms with Crippen LogP contribution in [0.4, 0.5) is 0 Å². The summed E-state index contributed by atoms with van der Waals surface area (Å²) in [7, 11) is 0. The van der Waals surface area contributed by atoms with Gasteiger partial charge in [-0.15, -0.1) is 0 Å². The molecule has 1 unspecified atom stereocenters. The largest absolute Gasteiger partial charge is 0.328 e. The molecule has 0 spiro atoms. The van der Waals surface area contributed by atoms with Gasteiger partial charge < -0.3 is 5.73 Å². The quantitative estimate of drug-likeness (QED) is 0.768. The molecule has 0 aliphatic rings. The van der Waals surface area contributed by atoms with E-state index in [-0.39, 0.29) is 11.6 Å². The predicted octanol–water partition coefficient (Wildman–Crippen LogP) is 0.679. The van der Waals surface area contributed by atoms with E-state index >= 15 is 0 Å². The van der Waals surface area contributed by atoms with Gasteiger partial charge in [-0.25, -0.2) is 4.98 Å². The number of hydrogen-bond acceptors (Lipinski definition) is 3. The molecule has 78 valence electrons. The number of aryl methyl sites for hydroxylation is 2. The zero-order valence-corrected chi connectivity index (χ0v) is 8.73. The summed E-state index contributed by atoms with van der Waals surface area (Å²) in [6.07, 6.45) is 3.45. The Morgan fingerprint density at radius 1 is 1.64 bits per heavy atom. The second-order valence-corrected chi connectivity index (χ2v) is 3.68. The van der Waals surface area contributed by atoms with Gasteiger partial charge in [0.2, 0.25) is 0 Å². The van der Waals surface area contributed by atoms with Crippen molar-refractivity contribution >= 4 is 0 Å². The molecular formula is C10H17N3O. The van der Waals surface area contributed by atoms with E-state index in [9.17, 15) is 4.79 Å². The highest BCUT2D eigenvalue weighted by molar-refractivity contribution is 4.95. The molecule has 1 heterocycles. The summed E-state index contributed by atoms with van der Waals surface area (Å²) in [5.74, 6) is 0. The summed E-state index contributed by atoms with van der Waals surface area (Å²) in [6, 6.07) is 1.75. The molecule has 14 heavy (non-hydrogen) atoms. The zero-order chi connectivity index (χ0) is 10.6. The molecule has 2 N–H and O–H groups in total. The maximum absolute atomic E-state index is 11.4. The molecule has 0 bridgehead atoms. The van der Waals surface area contributed by atoms with Gasteiger partial charge in [-0.05, 0) is 26.7 Å². The second-order valence-electron chi connectivity index (χ2n) is 3.68. The van der Waals surface area contributed by atoms with Crippen molar-refractivity contribution in [1.29, 1.82) is 0 Å². The Kier molecular flexibility index (Phi) is 3.83. The molecule has 0 amide bonds. The van der Waals surface area contributed by atoms with Crippen molar-refractivity contribution in [3.05, 3.63) is 28.4 Å². The van der Waals surface area contributed by atoms with Crippen LogP contribution in [0.15, 0.2) is 17.2 Å². The van der Waals surface area contributed by atoms with Crippen LogP contribution in [0.2, 0.25) is 0 Å². The van der Waals surface area contributed by atoms with E-state index in [4.69, 9.17) is 5.73 Å². The Labute approximate surface area is 83.8 Å². The zero-order valence-electron chi connectivity index (χ0n) is 8.73. The van der Waals surface area contributed by atoms with E-state index in [1.165, 1.54) is 0 Å². The van der Waals surface area contributed by atoms with Crippen LogP contribution >= 0.6 is 0 Å². The number of rotatable bonds is 4. The first-order valence-corrected chi connectivity index (χ1v) is 4.88. The van der Waals surface area contributed by atoms with Gasteiger partial charge in [0.25, 0.3) is 5.56 Å². The third-order valence-electron chi connectivity index (χ3n) is 2.07. The SMILES string of the molecule is Cc1cc(=O)n(CCCC(C)N)cn1. The van der Waals surface area contributed by atoms with E-state index < -0.39 is 0 Å². The Morgan fingerprint density at radius 2 is 2.36 bits per heavy atom. The van der Waals surface area contributed by atoms with Crippen LogP contribution < -0.4 is 11.3 Å². The van der Waals surface area contributed by atoms with E-state index in [2.05, 4.69) is 4.98 Å². The number of nitrogens with two attached hydrogens (primary N) is 1. The van der Waals surface area contributed by atoms with Crippen LogP contribution in [0.1, 0.15) is 25.5 Å². The van der Waals surface area contributed by atoms with Crippen molar-refractivity contribution in [3.63, 3.8) is 0 Å². The van der Waals surface area contributed by atoms with Gasteiger partial charge in [0, 0.05) is 24.3 Å². The first-order valence-electron chi connectivity index (χ1n) is 4.88. The lowest BCUT2D eigenvalue weighted by Gasteiger charge is -2.06. The van der Waals surface area contributed by atoms with Crippen LogP contribution in [0.5, 0.6) is 0 Å². The lowest BCUT2D eigenvalue weighted by molar-refractivity contribution is 0.543. The highest BCUT2D eigenvalue weighted by Crippen LogP contribution is 1.95. The molecule has 0 aliphatic carbocycles. The van der Waals surface area contributed by atoms with Crippen molar-refractivity contribution < 1.29 is 0 Å². The van der Waals surface area contributed by atoms with Crippen LogP contribution in [-0.2, 0) is 6.54 Å². The monoisotopic (exact) mass is 195 g/mol. The van der Waals surface area contributed by atoms with Gasteiger partial charge in [0.05, 0.1) is 6.33 Å². The predicted molar refractivity (Wildman–Crippen MR) is 56.1 cm³/mol. The highest BCUT2D eigenvalue weighted by Gasteiger charge is 1.98. The molecule has 0 saturated heterocycles. The van der Waals surface area contributed by atoms with E-state index in [1.807, 2.05) is 13.8 Å². The number of nitrogens with zero attached hydrogens (tertiary/aromatic N) is 2. The summed E-state index contributed by atoms with van der Waals surface area (Å²) in [5.41, 5.74) is 6.39. The average molecular weight is 195 g/mol. The summed E-state index contributed by atoms with van der Waals surface area (Å²) >= 11 is 0. The molecule has 1 aromatic rings. The van der Waals surface area contributed by atoms with Crippen LogP contribution in [0.3, 0.4) is 0 Å². The summed E-state index contributed by atoms with van der Waals surface area (Å²) in [4.78, 5) is 15.5. The van der Waals surface area contributed by atoms with Crippen LogP contribution in [0.25, 0.3) is 0 Å². The topological polar surface area (TPSA) is 60.9 Å². The maximum Gasteiger partial charge on any atom is 0.253 e. The minimum atomic E-state index is 0.0159. The van der Waals surface area contributed by atoms with Gasteiger partial charge in [-0.3, -0.25) is 9.36 Å². The molecule has 0 saturated carbocycles. The highest BCUT2D eigenvalue weighted by atomic mass is 16.1. The first kappa shape index (κ1) is 10.9. The minimum absolute atomic E-state index is 0.0159. The Bertz CT molecular complexity index is 343. The molecule has 0 aliphatic heterocycles. The van der Waals surface area contributed by atoms with E-state index in [1.54, 1.807) is 17.0 Å². The summed E-state index contributed by atoms with van der Waals surface area (Å²) in [5, 5.41) is 0. The molecule has 1 aromatic heterocycles. The summed E-state index contributed by atoms with van der Waals surface area (Å²) < 4.78 is 1.62. The molecule has 1 rings (SSSR count). The fourth-order valence-electron chi connectivity index (χ4n) is 1.27. The molecule has 4 nitrogen and oxygen atoms in total. The standard InChI is InChI=1S/C10H17N3O/c1-8(11)4-3-5-13-7-12-9(2)6-10(13)14/h6-8H,3-5,11H2,1-2H3. The smallest absolute Gasteiger partial charge is 0.253 e. The lowest BCUT2D eigenvalue weighted by atomic mass is 10.2. The third-order valence-corrected chi connectivity index (χ3v) is 2.07. The normalized spacial score (nSPS) is 12.8. The molecule has 0 aromatic carbocycles. The third kappa shape index (κ3) is 3.30. The second kappa shape index (κ2) is 4.91. The Balaban J connectivity index is 2.55. The van der Waals surface area contributed by atoms with Gasteiger partial charge >= 0.3 is 0 Å². The Hall–Kier alpha value is -1.16. The van der Waals surface area contributed by atoms with Gasteiger partial charge in [-0.2, -0.15) is 0 Å². The Morgan fingerprint density at radius 3 is 2.93 bits per heavy atom. The number of hydrogen-bond donors (Lipinski definition) is 1. The number of aromatic nitrogens is 2. The van der Waals surface area contributed by atoms with Crippen molar-refractivity contribution in [2.75, 3.05) is 0 Å². The maximum atomic E-state index is 11.4. The molecule has 1 atom stereocenters. The fraction of sp³-hybridized carbons (Fsp3) is 0.600.